The number of methoxy groups -OCH3 is 2. The highest BCUT2D eigenvalue weighted by atomic mass is 19.3. The van der Waals surface area contributed by atoms with Crippen molar-refractivity contribution in [2.24, 2.45) is 0 Å². The lowest BCUT2D eigenvalue weighted by molar-refractivity contribution is -0.133. The van der Waals surface area contributed by atoms with Gasteiger partial charge in [-0.05, 0) is 18.2 Å². The predicted octanol–water partition coefficient (Wildman–Crippen LogP) is 4.82. The van der Waals surface area contributed by atoms with Gasteiger partial charge in [0.25, 0.3) is 0 Å². The van der Waals surface area contributed by atoms with Crippen molar-refractivity contribution in [2.75, 3.05) is 14.2 Å². The van der Waals surface area contributed by atoms with Crippen molar-refractivity contribution in [1.29, 1.82) is 0 Å². The van der Waals surface area contributed by atoms with E-state index in [0.717, 1.165) is 0 Å². The van der Waals surface area contributed by atoms with Gasteiger partial charge in [0.1, 0.15) is 17.6 Å². The van der Waals surface area contributed by atoms with Gasteiger partial charge in [0.15, 0.2) is 11.5 Å². The van der Waals surface area contributed by atoms with Crippen molar-refractivity contribution in [3.8, 4) is 29.0 Å². The molecule has 0 spiro atoms. The zero-order valence-electron chi connectivity index (χ0n) is 17.0. The Hall–Kier alpha value is -4.21. The molecule has 0 aliphatic heterocycles. The lowest BCUT2D eigenvalue weighted by Gasteiger charge is -2.13. The van der Waals surface area contributed by atoms with Gasteiger partial charge in [0.05, 0.1) is 26.5 Å². The average molecular weight is 444 g/mol. The minimum Gasteiger partial charge on any atom is -0.503 e. The first-order valence-electron chi connectivity index (χ1n) is 9.14. The standard InChI is InChI=1S/C22H18F2N2O6/c1-28-12-15(21(27)29-2)14-7-3-4-8-16(14)30-19-11-20(26-13-25-19)31-17-9-5-6-10-18(17)32-22(23)24/h3-13,22H,1-2H3/b15-12+. The molecule has 0 saturated carbocycles. The van der Waals surface area contributed by atoms with Gasteiger partial charge < -0.3 is 23.7 Å². The molecule has 10 heteroatoms. The number of nitrogens with zero attached hydrogens (tertiary/aromatic N) is 2. The summed E-state index contributed by atoms with van der Waals surface area (Å²) in [4.78, 5) is 20.1. The van der Waals surface area contributed by atoms with E-state index in [-0.39, 0.29) is 34.6 Å². The summed E-state index contributed by atoms with van der Waals surface area (Å²) in [5, 5.41) is 0. The number of benzene rings is 2. The Labute approximate surface area is 182 Å². The molecule has 3 rings (SSSR count). The molecule has 3 aromatic rings. The normalized spacial score (nSPS) is 11.1. The summed E-state index contributed by atoms with van der Waals surface area (Å²) in [6.07, 6.45) is 2.42. The first-order chi connectivity index (χ1) is 15.5. The molecule has 0 amide bonds. The summed E-state index contributed by atoms with van der Waals surface area (Å²) < 4.78 is 50.8. The third kappa shape index (κ3) is 5.69. The van der Waals surface area contributed by atoms with Gasteiger partial charge in [-0.2, -0.15) is 8.78 Å². The number of esters is 1. The Morgan fingerprint density at radius 1 is 0.906 bits per heavy atom. The molecule has 0 saturated heterocycles. The Morgan fingerprint density at radius 3 is 2.12 bits per heavy atom. The van der Waals surface area contributed by atoms with Crippen LogP contribution in [0.5, 0.6) is 29.0 Å². The van der Waals surface area contributed by atoms with E-state index >= 15 is 0 Å². The molecule has 1 heterocycles. The fourth-order valence-electron chi connectivity index (χ4n) is 2.62. The van der Waals surface area contributed by atoms with Crippen LogP contribution in [0.1, 0.15) is 5.56 Å². The molecular formula is C22H18F2N2O6. The Kier molecular flexibility index (Phi) is 7.52. The van der Waals surface area contributed by atoms with Gasteiger partial charge in [-0.3, -0.25) is 0 Å². The molecule has 0 aliphatic carbocycles. The van der Waals surface area contributed by atoms with Gasteiger partial charge >= 0.3 is 12.6 Å². The maximum atomic E-state index is 12.6. The molecule has 166 valence electrons. The van der Waals surface area contributed by atoms with Crippen molar-refractivity contribution in [3.05, 3.63) is 72.8 Å². The van der Waals surface area contributed by atoms with Gasteiger partial charge in [0, 0.05) is 5.56 Å². The van der Waals surface area contributed by atoms with E-state index in [0.29, 0.717) is 5.56 Å². The number of hydrogen-bond acceptors (Lipinski definition) is 8. The van der Waals surface area contributed by atoms with Crippen LogP contribution in [0.25, 0.3) is 5.57 Å². The maximum absolute atomic E-state index is 12.6. The first kappa shape index (κ1) is 22.5. The van der Waals surface area contributed by atoms with Gasteiger partial charge in [0.2, 0.25) is 11.8 Å². The summed E-state index contributed by atoms with van der Waals surface area (Å²) in [6, 6.07) is 14.0. The molecule has 0 aliphatic rings. The molecule has 0 atom stereocenters. The maximum Gasteiger partial charge on any atom is 0.387 e. The largest absolute Gasteiger partial charge is 0.503 e. The van der Waals surface area contributed by atoms with Crippen LogP contribution in [-0.2, 0) is 14.3 Å². The van der Waals surface area contributed by atoms with Crippen LogP contribution >= 0.6 is 0 Å². The summed E-state index contributed by atoms with van der Waals surface area (Å²) in [5.41, 5.74) is 0.534. The second-order valence-corrected chi connectivity index (χ2v) is 5.98. The van der Waals surface area contributed by atoms with Crippen molar-refractivity contribution in [3.63, 3.8) is 0 Å². The highest BCUT2D eigenvalue weighted by molar-refractivity contribution is 6.17. The second-order valence-electron chi connectivity index (χ2n) is 5.98. The zero-order chi connectivity index (χ0) is 22.9. The molecule has 0 unspecified atom stereocenters. The van der Waals surface area contributed by atoms with Crippen LogP contribution in [0.4, 0.5) is 8.78 Å². The average Bonchev–Trinajstić information content (AvgIpc) is 2.79. The van der Waals surface area contributed by atoms with Crippen molar-refractivity contribution < 1.29 is 37.3 Å². The van der Waals surface area contributed by atoms with E-state index < -0.39 is 12.6 Å². The lowest BCUT2D eigenvalue weighted by Crippen LogP contribution is -2.06. The number of hydrogen-bond donors (Lipinski definition) is 0. The predicted molar refractivity (Wildman–Crippen MR) is 109 cm³/mol. The van der Waals surface area contributed by atoms with E-state index in [1.54, 1.807) is 30.3 Å². The number of para-hydroxylation sites is 3. The molecule has 0 bridgehead atoms. The van der Waals surface area contributed by atoms with Crippen molar-refractivity contribution in [1.82, 2.24) is 9.97 Å². The minimum atomic E-state index is -3.01. The van der Waals surface area contributed by atoms with Crippen LogP contribution in [0.3, 0.4) is 0 Å². The lowest BCUT2D eigenvalue weighted by atomic mass is 10.1. The van der Waals surface area contributed by atoms with E-state index in [2.05, 4.69) is 14.7 Å². The fraction of sp³-hybridized carbons (Fsp3) is 0.136. The smallest absolute Gasteiger partial charge is 0.387 e. The molecule has 0 N–H and O–H groups in total. The first-order valence-corrected chi connectivity index (χ1v) is 9.14. The molecule has 0 fully saturated rings. The molecule has 2 aromatic carbocycles. The quantitative estimate of drug-likeness (QED) is 0.264. The van der Waals surface area contributed by atoms with E-state index in [4.69, 9.17) is 18.9 Å². The summed E-state index contributed by atoms with van der Waals surface area (Å²) in [7, 11) is 2.65. The Balaban J connectivity index is 1.87. The van der Waals surface area contributed by atoms with Crippen molar-refractivity contribution >= 4 is 11.5 Å². The number of carbonyl (C=O) groups is 1. The number of rotatable bonds is 9. The summed E-state index contributed by atoms with van der Waals surface area (Å²) in [6.45, 7) is -3.01. The number of halogens is 2. The van der Waals surface area contributed by atoms with Gasteiger partial charge in [-0.1, -0.05) is 30.3 Å². The van der Waals surface area contributed by atoms with Gasteiger partial charge in [-0.25, -0.2) is 14.8 Å². The van der Waals surface area contributed by atoms with E-state index in [1.165, 1.54) is 51.1 Å². The number of ether oxygens (including phenoxy) is 5. The number of alkyl halides is 2. The third-order valence-electron chi connectivity index (χ3n) is 3.93. The Morgan fingerprint density at radius 2 is 1.50 bits per heavy atom. The molecule has 32 heavy (non-hydrogen) atoms. The van der Waals surface area contributed by atoms with E-state index in [1.807, 2.05) is 0 Å². The molecular weight excluding hydrogens is 426 g/mol. The highest BCUT2D eigenvalue weighted by Gasteiger charge is 2.19. The van der Waals surface area contributed by atoms with Crippen LogP contribution in [0.2, 0.25) is 0 Å². The monoisotopic (exact) mass is 444 g/mol. The van der Waals surface area contributed by atoms with E-state index in [9.17, 15) is 13.6 Å². The molecule has 8 nitrogen and oxygen atoms in total. The van der Waals surface area contributed by atoms with Crippen LogP contribution in [0, 0.1) is 0 Å². The van der Waals surface area contributed by atoms with Gasteiger partial charge in [-0.15, -0.1) is 0 Å². The Bertz CT molecular complexity index is 1110. The third-order valence-corrected chi connectivity index (χ3v) is 3.93. The minimum absolute atomic E-state index is 0.0263. The molecule has 0 radical (unpaired) electrons. The van der Waals surface area contributed by atoms with Crippen LogP contribution in [-0.4, -0.2) is 36.8 Å². The topological polar surface area (TPSA) is 89.0 Å². The fourth-order valence-corrected chi connectivity index (χ4v) is 2.62. The molecule has 1 aromatic heterocycles. The zero-order valence-corrected chi connectivity index (χ0v) is 17.0. The number of carbonyl (C=O) groups excluding carboxylic acids is 1. The second kappa shape index (κ2) is 10.7. The summed E-state index contributed by atoms with van der Waals surface area (Å²) >= 11 is 0. The summed E-state index contributed by atoms with van der Waals surface area (Å²) in [5.74, 6) is -0.345. The van der Waals surface area contributed by atoms with Crippen LogP contribution in [0.15, 0.2) is 67.2 Å². The van der Waals surface area contributed by atoms with Crippen LogP contribution < -0.4 is 14.2 Å². The van der Waals surface area contributed by atoms with Crippen molar-refractivity contribution in [2.45, 2.75) is 6.61 Å². The number of aromatic nitrogens is 2. The highest BCUT2D eigenvalue weighted by Crippen LogP contribution is 2.34. The SMILES string of the molecule is CO/C=C(/C(=O)OC)c1ccccc1Oc1cc(Oc2ccccc2OC(F)F)ncn1.